The van der Waals surface area contributed by atoms with E-state index in [0.717, 1.165) is 55.5 Å². The summed E-state index contributed by atoms with van der Waals surface area (Å²) < 4.78 is 7.29. The van der Waals surface area contributed by atoms with Gasteiger partial charge >= 0.3 is 0 Å². The minimum Gasteiger partial charge on any atom is -0.455 e. The van der Waals surface area contributed by atoms with Gasteiger partial charge in [0, 0.05) is 44.3 Å². The number of anilines is 3. The zero-order valence-electron chi connectivity index (χ0n) is 34.6. The van der Waals surface area contributed by atoms with Crippen molar-refractivity contribution in [1.29, 1.82) is 0 Å². The van der Waals surface area contributed by atoms with Crippen LogP contribution in [0.1, 0.15) is 47.2 Å². The summed E-state index contributed by atoms with van der Waals surface area (Å²) in [6.45, 7) is 4.73. The number of rotatable bonds is 4. The quantitative estimate of drug-likeness (QED) is 0.176. The van der Waals surface area contributed by atoms with Gasteiger partial charge in [-0.1, -0.05) is 196 Å². The van der Waals surface area contributed by atoms with Crippen LogP contribution in [-0.2, 0) is 10.8 Å². The molecule has 1 spiro atoms. The van der Waals surface area contributed by atoms with E-state index >= 15 is 0 Å². The van der Waals surface area contributed by atoms with Crippen LogP contribution in [0.5, 0.6) is 11.5 Å². The van der Waals surface area contributed by atoms with Crippen LogP contribution in [0.15, 0.2) is 212 Å². The van der Waals surface area contributed by atoms with Crippen LogP contribution < -0.4 is 9.64 Å². The second-order valence-corrected chi connectivity index (χ2v) is 17.6. The molecule has 10 aromatic carbocycles. The molecule has 0 N–H and O–H groups in total. The van der Waals surface area contributed by atoms with Gasteiger partial charge in [0.2, 0.25) is 0 Å². The maximum atomic E-state index is 7.29. The van der Waals surface area contributed by atoms with Crippen LogP contribution in [0.2, 0.25) is 0 Å². The van der Waals surface area contributed by atoms with E-state index < -0.39 is 5.41 Å². The van der Waals surface area contributed by atoms with Gasteiger partial charge in [-0.15, -0.1) is 0 Å². The average Bonchev–Trinajstić information content (AvgIpc) is 3.75. The zero-order valence-corrected chi connectivity index (χ0v) is 34.6. The second-order valence-electron chi connectivity index (χ2n) is 17.6. The first-order chi connectivity index (χ1) is 30.5. The Balaban J connectivity index is 1.14. The zero-order chi connectivity index (χ0) is 41.2. The molecule has 1 aliphatic heterocycles. The van der Waals surface area contributed by atoms with Crippen LogP contribution in [0.25, 0.3) is 54.9 Å². The van der Waals surface area contributed by atoms with Gasteiger partial charge in [-0.3, -0.25) is 0 Å². The largest absolute Gasteiger partial charge is 0.455 e. The first-order valence-electron chi connectivity index (χ1n) is 21.7. The SMILES string of the molecule is CC1(C)c2ccccc2-c2c(N(c3cccc(-c4ccccc4)c3)c3ccc4c(c3)C3(c5ccccc5-4)c4ccc5ccccc5c4Oc4c3ccc3ccccc43)cccc21. The summed E-state index contributed by atoms with van der Waals surface area (Å²) in [5.41, 5.74) is 17.6. The summed E-state index contributed by atoms with van der Waals surface area (Å²) in [6, 6.07) is 78.5. The number of benzene rings is 10. The number of hydrogen-bond donors (Lipinski definition) is 0. The topological polar surface area (TPSA) is 12.5 Å². The highest BCUT2D eigenvalue weighted by molar-refractivity contribution is 6.01. The third kappa shape index (κ3) is 4.69. The molecule has 0 fully saturated rings. The molecule has 0 unspecified atom stereocenters. The summed E-state index contributed by atoms with van der Waals surface area (Å²) in [6.07, 6.45) is 0. The van der Waals surface area contributed by atoms with Crippen molar-refractivity contribution >= 4 is 38.6 Å². The Kier molecular flexibility index (Phi) is 7.31. The Morgan fingerprint density at radius 2 is 0.935 bits per heavy atom. The van der Waals surface area contributed by atoms with Crippen molar-refractivity contribution < 1.29 is 4.74 Å². The number of ether oxygens (including phenoxy) is 1. The van der Waals surface area contributed by atoms with E-state index in [1.54, 1.807) is 0 Å². The first-order valence-corrected chi connectivity index (χ1v) is 21.7. The van der Waals surface area contributed by atoms with Gasteiger partial charge in [-0.25, -0.2) is 0 Å². The molecule has 2 aliphatic carbocycles. The lowest BCUT2D eigenvalue weighted by Gasteiger charge is -2.40. The van der Waals surface area contributed by atoms with E-state index in [0.29, 0.717) is 0 Å². The van der Waals surface area contributed by atoms with E-state index in [1.165, 1.54) is 61.3 Å². The van der Waals surface area contributed by atoms with Gasteiger partial charge in [0.05, 0.1) is 11.1 Å². The highest BCUT2D eigenvalue weighted by Gasteiger charge is 2.52. The number of fused-ring (bicyclic) bond motifs is 16. The molecular formula is C60H41NO. The maximum Gasteiger partial charge on any atom is 0.140 e. The van der Waals surface area contributed by atoms with E-state index in [2.05, 4.69) is 231 Å². The van der Waals surface area contributed by atoms with Crippen molar-refractivity contribution in [2.75, 3.05) is 4.90 Å². The fourth-order valence-electron chi connectivity index (χ4n) is 11.3. The molecular weight excluding hydrogens is 751 g/mol. The lowest BCUT2D eigenvalue weighted by molar-refractivity contribution is 0.447. The summed E-state index contributed by atoms with van der Waals surface area (Å²) in [5, 5.41) is 4.56. The normalized spacial score (nSPS) is 14.4. The van der Waals surface area contributed by atoms with Crippen LogP contribution in [0.4, 0.5) is 17.1 Å². The Hall–Kier alpha value is -7.68. The molecule has 0 saturated heterocycles. The van der Waals surface area contributed by atoms with E-state index in [4.69, 9.17) is 4.74 Å². The smallest absolute Gasteiger partial charge is 0.140 e. The molecule has 2 nitrogen and oxygen atoms in total. The Labute approximate surface area is 362 Å². The van der Waals surface area contributed by atoms with Crippen LogP contribution in [0.3, 0.4) is 0 Å². The molecule has 13 rings (SSSR count). The number of nitrogens with zero attached hydrogens (tertiary/aromatic N) is 1. The minimum atomic E-state index is -0.663. The van der Waals surface area contributed by atoms with E-state index in [1.807, 2.05) is 0 Å². The summed E-state index contributed by atoms with van der Waals surface area (Å²) in [4.78, 5) is 2.52. The van der Waals surface area contributed by atoms with Crippen LogP contribution >= 0.6 is 0 Å². The summed E-state index contributed by atoms with van der Waals surface area (Å²) in [5.74, 6) is 1.85. The lowest BCUT2D eigenvalue weighted by Crippen LogP contribution is -2.32. The Morgan fingerprint density at radius 3 is 1.68 bits per heavy atom. The molecule has 0 radical (unpaired) electrons. The molecule has 2 heteroatoms. The van der Waals surface area contributed by atoms with Crippen molar-refractivity contribution in [3.63, 3.8) is 0 Å². The van der Waals surface area contributed by atoms with Gasteiger partial charge in [-0.2, -0.15) is 0 Å². The van der Waals surface area contributed by atoms with Gasteiger partial charge in [-0.05, 0) is 91.2 Å². The monoisotopic (exact) mass is 791 g/mol. The highest BCUT2D eigenvalue weighted by Crippen LogP contribution is 2.65. The Bertz CT molecular complexity index is 3400. The highest BCUT2D eigenvalue weighted by atomic mass is 16.5. The average molecular weight is 792 g/mol. The molecule has 10 aromatic rings. The van der Waals surface area contributed by atoms with E-state index in [-0.39, 0.29) is 5.41 Å². The van der Waals surface area contributed by atoms with Gasteiger partial charge in [0.1, 0.15) is 11.5 Å². The molecule has 0 bridgehead atoms. The fourth-order valence-corrected chi connectivity index (χ4v) is 11.3. The van der Waals surface area contributed by atoms with Crippen molar-refractivity contribution in [2.45, 2.75) is 24.7 Å². The molecule has 292 valence electrons. The third-order valence-electron chi connectivity index (χ3n) is 14.1. The molecule has 62 heavy (non-hydrogen) atoms. The van der Waals surface area contributed by atoms with E-state index in [9.17, 15) is 0 Å². The van der Waals surface area contributed by atoms with Crippen molar-refractivity contribution in [3.05, 3.63) is 246 Å². The molecule has 0 atom stereocenters. The summed E-state index contributed by atoms with van der Waals surface area (Å²) in [7, 11) is 0. The standard InChI is InChI=1S/C60H41NO/c1-59(2)49-26-12-11-25-48(49)56-51(59)28-15-29-55(56)61(42-21-14-20-41(36-42)38-16-4-3-5-17-38)43-32-33-47-46-24-10-13-27-50(46)60(54(47)37-43)52-34-30-39-18-6-8-22-44(39)57(52)62-58-45-23-9-7-19-40(45)31-35-53(58)60/h3-37H,1-2H3. The predicted octanol–water partition coefficient (Wildman–Crippen LogP) is 15.9. The summed E-state index contributed by atoms with van der Waals surface area (Å²) >= 11 is 0. The van der Waals surface area contributed by atoms with Gasteiger partial charge in [0.15, 0.2) is 0 Å². The fraction of sp³-hybridized carbons (Fsp3) is 0.0667. The van der Waals surface area contributed by atoms with Gasteiger partial charge < -0.3 is 9.64 Å². The molecule has 0 amide bonds. The predicted molar refractivity (Wildman–Crippen MR) is 257 cm³/mol. The molecule has 0 saturated carbocycles. The van der Waals surface area contributed by atoms with Crippen LogP contribution in [0, 0.1) is 0 Å². The molecule has 1 heterocycles. The third-order valence-corrected chi connectivity index (χ3v) is 14.1. The van der Waals surface area contributed by atoms with Crippen molar-refractivity contribution in [3.8, 4) is 44.9 Å². The first kappa shape index (κ1) is 35.1. The van der Waals surface area contributed by atoms with Gasteiger partial charge in [0.25, 0.3) is 0 Å². The minimum absolute atomic E-state index is 0.149. The maximum absolute atomic E-state index is 7.29. The van der Waals surface area contributed by atoms with Crippen molar-refractivity contribution in [2.24, 2.45) is 0 Å². The van der Waals surface area contributed by atoms with Crippen molar-refractivity contribution in [1.82, 2.24) is 0 Å². The Morgan fingerprint density at radius 1 is 0.371 bits per heavy atom. The molecule has 3 aliphatic rings. The van der Waals surface area contributed by atoms with Crippen LogP contribution in [-0.4, -0.2) is 0 Å². The second kappa shape index (κ2) is 12.9. The number of hydrogen-bond acceptors (Lipinski definition) is 2. The molecule has 0 aromatic heterocycles. The lowest BCUT2D eigenvalue weighted by atomic mass is 9.65.